The molecule has 1 saturated carbocycles. The molecule has 98 valence electrons. The summed E-state index contributed by atoms with van der Waals surface area (Å²) in [5, 5.41) is 9.10. The molecule has 0 saturated heterocycles. The normalized spacial score (nSPS) is 23.7. The first kappa shape index (κ1) is 13.0. The fourth-order valence-corrected chi connectivity index (χ4v) is 2.53. The topological polar surface area (TPSA) is 53.4 Å². The van der Waals surface area contributed by atoms with Crippen molar-refractivity contribution in [3.8, 4) is 0 Å². The smallest absolute Gasteiger partial charge is 0.230 e. The van der Waals surface area contributed by atoms with E-state index in [2.05, 4.69) is 4.98 Å². The molecular formula is C14H20N2O2. The zero-order valence-corrected chi connectivity index (χ0v) is 10.7. The summed E-state index contributed by atoms with van der Waals surface area (Å²) in [6.07, 6.45) is 5.34. The lowest BCUT2D eigenvalue weighted by Crippen LogP contribution is -2.35. The van der Waals surface area contributed by atoms with Crippen molar-refractivity contribution in [2.45, 2.75) is 25.7 Å². The van der Waals surface area contributed by atoms with Crippen LogP contribution in [-0.2, 0) is 4.79 Å². The van der Waals surface area contributed by atoms with Crippen molar-refractivity contribution in [2.24, 2.45) is 11.8 Å². The maximum Gasteiger partial charge on any atom is 0.230 e. The number of aliphatic hydroxyl groups excluding tert-OH is 1. The summed E-state index contributed by atoms with van der Waals surface area (Å²) in [6.45, 7) is 0.247. The van der Waals surface area contributed by atoms with Crippen molar-refractivity contribution < 1.29 is 9.90 Å². The number of hydrogen-bond donors (Lipinski definition) is 1. The van der Waals surface area contributed by atoms with Crippen LogP contribution in [0.5, 0.6) is 0 Å². The molecule has 1 amide bonds. The van der Waals surface area contributed by atoms with Crippen molar-refractivity contribution in [3.63, 3.8) is 0 Å². The van der Waals surface area contributed by atoms with Gasteiger partial charge in [0, 0.05) is 25.8 Å². The summed E-state index contributed by atoms with van der Waals surface area (Å²) < 4.78 is 0. The van der Waals surface area contributed by atoms with Crippen LogP contribution < -0.4 is 4.90 Å². The van der Waals surface area contributed by atoms with Crippen molar-refractivity contribution in [2.75, 3.05) is 18.6 Å². The Labute approximate surface area is 108 Å². The van der Waals surface area contributed by atoms with E-state index in [4.69, 9.17) is 5.11 Å². The average Bonchev–Trinajstić information content (AvgIpc) is 2.47. The second-order valence-electron chi connectivity index (χ2n) is 4.99. The third-order valence-corrected chi connectivity index (χ3v) is 3.78. The molecule has 0 bridgehead atoms. The Balaban J connectivity index is 1.96. The van der Waals surface area contributed by atoms with Crippen LogP contribution in [0.3, 0.4) is 0 Å². The highest BCUT2D eigenvalue weighted by molar-refractivity contribution is 5.93. The van der Waals surface area contributed by atoms with Gasteiger partial charge in [0.2, 0.25) is 5.91 Å². The fraction of sp³-hybridized carbons (Fsp3) is 0.571. The molecule has 0 aliphatic heterocycles. The van der Waals surface area contributed by atoms with Gasteiger partial charge in [0.1, 0.15) is 5.82 Å². The van der Waals surface area contributed by atoms with Crippen LogP contribution in [-0.4, -0.2) is 29.7 Å². The summed E-state index contributed by atoms with van der Waals surface area (Å²) in [5.41, 5.74) is 0. The van der Waals surface area contributed by atoms with Crippen LogP contribution in [0.1, 0.15) is 25.7 Å². The van der Waals surface area contributed by atoms with Crippen LogP contribution in [0.4, 0.5) is 5.82 Å². The maximum absolute atomic E-state index is 12.3. The molecule has 1 aromatic rings. The number of anilines is 1. The molecule has 0 atom stereocenters. The van der Waals surface area contributed by atoms with Gasteiger partial charge in [-0.1, -0.05) is 6.07 Å². The Kier molecular flexibility index (Phi) is 4.31. The van der Waals surface area contributed by atoms with Gasteiger partial charge in [-0.3, -0.25) is 9.69 Å². The average molecular weight is 248 g/mol. The predicted molar refractivity (Wildman–Crippen MR) is 70.2 cm³/mol. The zero-order chi connectivity index (χ0) is 13.0. The minimum Gasteiger partial charge on any atom is -0.396 e. The number of hydrogen-bond acceptors (Lipinski definition) is 3. The van der Waals surface area contributed by atoms with E-state index in [-0.39, 0.29) is 18.4 Å². The molecule has 1 fully saturated rings. The molecule has 0 unspecified atom stereocenters. The van der Waals surface area contributed by atoms with Gasteiger partial charge in [0.15, 0.2) is 0 Å². The second kappa shape index (κ2) is 5.96. The van der Waals surface area contributed by atoms with Crippen LogP contribution in [0.25, 0.3) is 0 Å². The number of nitrogens with zero attached hydrogens (tertiary/aromatic N) is 2. The van der Waals surface area contributed by atoms with Crippen molar-refractivity contribution >= 4 is 11.7 Å². The number of aliphatic hydroxyl groups is 1. The molecule has 1 aromatic heterocycles. The standard InChI is InChI=1S/C14H20N2O2/c1-16(13-4-2-3-9-15-13)14(18)12-7-5-11(10-17)6-8-12/h2-4,9,11-12,17H,5-8,10H2,1H3. The van der Waals surface area contributed by atoms with Crippen molar-refractivity contribution in [1.82, 2.24) is 4.98 Å². The van der Waals surface area contributed by atoms with Gasteiger partial charge in [-0.25, -0.2) is 4.98 Å². The lowest BCUT2D eigenvalue weighted by Gasteiger charge is -2.29. The molecular weight excluding hydrogens is 228 g/mol. The summed E-state index contributed by atoms with van der Waals surface area (Å²) >= 11 is 0. The van der Waals surface area contributed by atoms with Crippen molar-refractivity contribution in [1.29, 1.82) is 0 Å². The zero-order valence-electron chi connectivity index (χ0n) is 10.7. The lowest BCUT2D eigenvalue weighted by atomic mass is 9.82. The molecule has 0 spiro atoms. The highest BCUT2D eigenvalue weighted by Crippen LogP contribution is 2.30. The highest BCUT2D eigenvalue weighted by atomic mass is 16.3. The molecule has 1 aliphatic rings. The van der Waals surface area contributed by atoms with E-state index in [9.17, 15) is 4.79 Å². The molecule has 1 aliphatic carbocycles. The minimum atomic E-state index is 0.0832. The molecule has 0 aromatic carbocycles. The minimum absolute atomic E-state index is 0.0832. The summed E-state index contributed by atoms with van der Waals surface area (Å²) in [5.74, 6) is 1.31. The largest absolute Gasteiger partial charge is 0.396 e. The van der Waals surface area contributed by atoms with Crippen LogP contribution in [0.2, 0.25) is 0 Å². The molecule has 2 rings (SSSR count). The first-order chi connectivity index (χ1) is 8.72. The molecule has 4 nitrogen and oxygen atoms in total. The Morgan fingerprint density at radius 2 is 2.11 bits per heavy atom. The highest BCUT2D eigenvalue weighted by Gasteiger charge is 2.28. The lowest BCUT2D eigenvalue weighted by molar-refractivity contribution is -0.123. The van der Waals surface area contributed by atoms with Crippen LogP contribution in [0.15, 0.2) is 24.4 Å². The van der Waals surface area contributed by atoms with Crippen molar-refractivity contribution in [3.05, 3.63) is 24.4 Å². The van der Waals surface area contributed by atoms with E-state index in [1.54, 1.807) is 18.1 Å². The SMILES string of the molecule is CN(C(=O)C1CCC(CO)CC1)c1ccccn1. The Hall–Kier alpha value is -1.42. The number of rotatable bonds is 3. The summed E-state index contributed by atoms with van der Waals surface area (Å²) in [7, 11) is 1.78. The Morgan fingerprint density at radius 1 is 1.39 bits per heavy atom. The van der Waals surface area contributed by atoms with Gasteiger partial charge in [0.25, 0.3) is 0 Å². The Bertz CT molecular complexity index is 386. The van der Waals surface area contributed by atoms with Gasteiger partial charge in [-0.15, -0.1) is 0 Å². The molecule has 1 heterocycles. The molecule has 0 radical (unpaired) electrons. The van der Waals surface area contributed by atoms with Gasteiger partial charge in [-0.2, -0.15) is 0 Å². The predicted octanol–water partition coefficient (Wildman–Crippen LogP) is 1.84. The van der Waals surface area contributed by atoms with E-state index in [1.807, 2.05) is 18.2 Å². The van der Waals surface area contributed by atoms with E-state index in [0.717, 1.165) is 25.7 Å². The second-order valence-corrected chi connectivity index (χ2v) is 4.99. The number of pyridine rings is 1. The van der Waals surface area contributed by atoms with Gasteiger partial charge >= 0.3 is 0 Å². The van der Waals surface area contributed by atoms with E-state index in [1.165, 1.54) is 0 Å². The van der Waals surface area contributed by atoms with Gasteiger partial charge in [-0.05, 0) is 43.7 Å². The molecule has 4 heteroatoms. The molecule has 18 heavy (non-hydrogen) atoms. The summed E-state index contributed by atoms with van der Waals surface area (Å²) in [4.78, 5) is 18.2. The van der Waals surface area contributed by atoms with Crippen LogP contribution >= 0.6 is 0 Å². The fourth-order valence-electron chi connectivity index (χ4n) is 2.53. The number of carbonyl (C=O) groups excluding carboxylic acids is 1. The van der Waals surface area contributed by atoms with Gasteiger partial charge in [0.05, 0.1) is 0 Å². The van der Waals surface area contributed by atoms with E-state index >= 15 is 0 Å². The number of aromatic nitrogens is 1. The third-order valence-electron chi connectivity index (χ3n) is 3.78. The molecule has 1 N–H and O–H groups in total. The monoisotopic (exact) mass is 248 g/mol. The first-order valence-corrected chi connectivity index (χ1v) is 6.52. The van der Waals surface area contributed by atoms with Gasteiger partial charge < -0.3 is 5.11 Å². The number of carbonyl (C=O) groups is 1. The Morgan fingerprint density at radius 3 is 2.67 bits per heavy atom. The summed E-state index contributed by atoms with van der Waals surface area (Å²) in [6, 6.07) is 5.57. The van der Waals surface area contributed by atoms with Crippen LogP contribution in [0, 0.1) is 11.8 Å². The maximum atomic E-state index is 12.3. The van der Waals surface area contributed by atoms with E-state index in [0.29, 0.717) is 11.7 Å². The third kappa shape index (κ3) is 2.88. The van der Waals surface area contributed by atoms with E-state index < -0.39 is 0 Å². The first-order valence-electron chi connectivity index (χ1n) is 6.52. The number of amides is 1. The quantitative estimate of drug-likeness (QED) is 0.888.